The lowest BCUT2D eigenvalue weighted by Crippen LogP contribution is -2.36. The molecule has 1 aromatic carbocycles. The molecular formula is C15H21FN2O2. The molecule has 20 heavy (non-hydrogen) atoms. The van der Waals surface area contributed by atoms with E-state index in [0.29, 0.717) is 18.5 Å². The third-order valence-electron chi connectivity index (χ3n) is 3.83. The molecule has 4 nitrogen and oxygen atoms in total. The summed E-state index contributed by atoms with van der Waals surface area (Å²) in [5.74, 6) is -0.543. The van der Waals surface area contributed by atoms with Crippen molar-refractivity contribution in [1.82, 2.24) is 4.90 Å². The molecule has 1 unspecified atom stereocenters. The number of hydrogen-bond acceptors (Lipinski definition) is 3. The molecule has 1 fully saturated rings. The van der Waals surface area contributed by atoms with Crippen LogP contribution >= 0.6 is 0 Å². The smallest absolute Gasteiger partial charge is 0.256 e. The zero-order chi connectivity index (χ0) is 14.5. The Bertz CT molecular complexity index is 479. The van der Waals surface area contributed by atoms with Crippen LogP contribution in [0, 0.1) is 5.82 Å². The van der Waals surface area contributed by atoms with Gasteiger partial charge in [0.25, 0.3) is 5.91 Å². The van der Waals surface area contributed by atoms with Gasteiger partial charge in [-0.25, -0.2) is 4.39 Å². The van der Waals surface area contributed by atoms with Crippen LogP contribution in [0.3, 0.4) is 0 Å². The minimum absolute atomic E-state index is 0.130. The number of nitrogens with zero attached hydrogens (tertiary/aromatic N) is 1. The number of carbonyl (C=O) groups is 1. The molecule has 0 bridgehead atoms. The first-order valence-corrected chi connectivity index (χ1v) is 7.07. The summed E-state index contributed by atoms with van der Waals surface area (Å²) >= 11 is 0. The van der Waals surface area contributed by atoms with E-state index in [-0.39, 0.29) is 24.2 Å². The molecule has 0 aliphatic carbocycles. The summed E-state index contributed by atoms with van der Waals surface area (Å²) in [6, 6.07) is 4.71. The predicted molar refractivity (Wildman–Crippen MR) is 76.3 cm³/mol. The Balaban J connectivity index is 2.20. The Hall–Kier alpha value is -1.62. The van der Waals surface area contributed by atoms with Crippen LogP contribution in [0.2, 0.25) is 0 Å². The Kier molecular flexibility index (Phi) is 4.95. The maximum atomic E-state index is 13.7. The van der Waals surface area contributed by atoms with Crippen molar-refractivity contribution in [2.45, 2.75) is 31.7 Å². The maximum Gasteiger partial charge on any atom is 0.256 e. The number of aliphatic hydroxyl groups excluding tert-OH is 1. The van der Waals surface area contributed by atoms with Gasteiger partial charge >= 0.3 is 0 Å². The lowest BCUT2D eigenvalue weighted by Gasteiger charge is -2.25. The highest BCUT2D eigenvalue weighted by Crippen LogP contribution is 2.27. The third kappa shape index (κ3) is 2.93. The average Bonchev–Trinajstić information content (AvgIpc) is 2.92. The molecule has 1 heterocycles. The van der Waals surface area contributed by atoms with E-state index in [9.17, 15) is 9.18 Å². The monoisotopic (exact) mass is 280 g/mol. The Labute approximate surface area is 118 Å². The summed E-state index contributed by atoms with van der Waals surface area (Å²) in [6.45, 7) is 0.842. The largest absolute Gasteiger partial charge is 0.396 e. The number of carbonyl (C=O) groups excluding carboxylic acids is 1. The number of likely N-dealkylation sites (tertiary alicyclic amines) is 1. The van der Waals surface area contributed by atoms with E-state index >= 15 is 0 Å². The van der Waals surface area contributed by atoms with Crippen molar-refractivity contribution < 1.29 is 14.3 Å². The minimum atomic E-state index is -0.413. The van der Waals surface area contributed by atoms with E-state index in [1.54, 1.807) is 19.2 Å². The Morgan fingerprint density at radius 2 is 2.35 bits per heavy atom. The Morgan fingerprint density at radius 3 is 3.05 bits per heavy atom. The molecule has 1 amide bonds. The number of aliphatic hydroxyl groups is 1. The number of halogens is 1. The van der Waals surface area contributed by atoms with Crippen molar-refractivity contribution in [2.75, 3.05) is 25.5 Å². The number of hydrogen-bond donors (Lipinski definition) is 2. The summed E-state index contributed by atoms with van der Waals surface area (Å²) in [7, 11) is 1.61. The maximum absolute atomic E-state index is 13.7. The van der Waals surface area contributed by atoms with Gasteiger partial charge in [-0.15, -0.1) is 0 Å². The summed E-state index contributed by atoms with van der Waals surface area (Å²) < 4.78 is 13.7. The molecule has 0 radical (unpaired) electrons. The van der Waals surface area contributed by atoms with Gasteiger partial charge in [-0.05, 0) is 37.8 Å². The standard InChI is InChI=1S/C15H21FN2O2/c1-17-14-12(7-2-8-13(14)16)15(20)18-9-3-5-11(18)6-4-10-19/h2,7-8,11,17,19H,3-6,9-10H2,1H3. The Morgan fingerprint density at radius 1 is 1.55 bits per heavy atom. The summed E-state index contributed by atoms with van der Waals surface area (Å²) in [4.78, 5) is 14.4. The summed E-state index contributed by atoms with van der Waals surface area (Å²) in [5, 5.41) is 11.7. The second-order valence-corrected chi connectivity index (χ2v) is 5.07. The van der Waals surface area contributed by atoms with Crippen LogP contribution < -0.4 is 5.32 Å². The molecule has 110 valence electrons. The highest BCUT2D eigenvalue weighted by Gasteiger charge is 2.30. The number of para-hydroxylation sites is 1. The first-order chi connectivity index (χ1) is 9.69. The van der Waals surface area contributed by atoms with Gasteiger partial charge in [-0.2, -0.15) is 0 Å². The lowest BCUT2D eigenvalue weighted by atomic mass is 10.1. The van der Waals surface area contributed by atoms with Crippen LogP contribution in [0.25, 0.3) is 0 Å². The van der Waals surface area contributed by atoms with Gasteiger partial charge in [0.15, 0.2) is 0 Å². The van der Waals surface area contributed by atoms with Crippen molar-refractivity contribution >= 4 is 11.6 Å². The van der Waals surface area contributed by atoms with Gasteiger partial charge in [0, 0.05) is 26.2 Å². The van der Waals surface area contributed by atoms with Gasteiger partial charge in [0.2, 0.25) is 0 Å². The second-order valence-electron chi connectivity index (χ2n) is 5.07. The quantitative estimate of drug-likeness (QED) is 0.869. The molecule has 2 N–H and O–H groups in total. The fraction of sp³-hybridized carbons (Fsp3) is 0.533. The van der Waals surface area contributed by atoms with E-state index in [4.69, 9.17) is 5.11 Å². The van der Waals surface area contributed by atoms with Crippen LogP contribution in [-0.2, 0) is 0 Å². The SMILES string of the molecule is CNc1c(F)cccc1C(=O)N1CCCC1CCCO. The second kappa shape index (κ2) is 6.70. The van der Waals surface area contributed by atoms with E-state index in [2.05, 4.69) is 5.32 Å². The van der Waals surface area contributed by atoms with Gasteiger partial charge in [0.1, 0.15) is 5.82 Å². The zero-order valence-electron chi connectivity index (χ0n) is 11.7. The van der Waals surface area contributed by atoms with Gasteiger partial charge < -0.3 is 15.3 Å². The van der Waals surface area contributed by atoms with Crippen molar-refractivity contribution in [3.8, 4) is 0 Å². The first kappa shape index (κ1) is 14.8. The fourth-order valence-corrected chi connectivity index (χ4v) is 2.84. The normalized spacial score (nSPS) is 18.4. The van der Waals surface area contributed by atoms with E-state index in [1.807, 2.05) is 4.90 Å². The number of nitrogens with one attached hydrogen (secondary N) is 1. The molecule has 0 saturated carbocycles. The lowest BCUT2D eigenvalue weighted by molar-refractivity contribution is 0.0725. The number of benzene rings is 1. The van der Waals surface area contributed by atoms with Crippen LogP contribution in [-0.4, -0.2) is 42.2 Å². The van der Waals surface area contributed by atoms with Crippen molar-refractivity contribution in [3.63, 3.8) is 0 Å². The van der Waals surface area contributed by atoms with Crippen LogP contribution in [0.5, 0.6) is 0 Å². The van der Waals surface area contributed by atoms with E-state index in [1.165, 1.54) is 6.07 Å². The molecule has 5 heteroatoms. The molecule has 1 saturated heterocycles. The van der Waals surface area contributed by atoms with Gasteiger partial charge in [-0.1, -0.05) is 6.07 Å². The molecule has 1 atom stereocenters. The predicted octanol–water partition coefficient (Wildman–Crippen LogP) is 2.24. The highest BCUT2D eigenvalue weighted by molar-refractivity contribution is 6.00. The topological polar surface area (TPSA) is 52.6 Å². The number of rotatable bonds is 5. The summed E-state index contributed by atoms with van der Waals surface area (Å²) in [6.07, 6.45) is 3.41. The molecule has 1 aliphatic heterocycles. The third-order valence-corrected chi connectivity index (χ3v) is 3.83. The molecule has 0 aromatic heterocycles. The van der Waals surface area contributed by atoms with Crippen LogP contribution in [0.15, 0.2) is 18.2 Å². The fourth-order valence-electron chi connectivity index (χ4n) is 2.84. The summed E-state index contributed by atoms with van der Waals surface area (Å²) in [5.41, 5.74) is 0.633. The first-order valence-electron chi connectivity index (χ1n) is 7.07. The molecule has 1 aliphatic rings. The van der Waals surface area contributed by atoms with Crippen molar-refractivity contribution in [2.24, 2.45) is 0 Å². The molecule has 2 rings (SSSR count). The van der Waals surface area contributed by atoms with Gasteiger partial charge in [0.05, 0.1) is 11.3 Å². The van der Waals surface area contributed by atoms with Crippen LogP contribution in [0.4, 0.5) is 10.1 Å². The van der Waals surface area contributed by atoms with E-state index in [0.717, 1.165) is 19.3 Å². The van der Waals surface area contributed by atoms with Crippen LogP contribution in [0.1, 0.15) is 36.0 Å². The van der Waals surface area contributed by atoms with E-state index < -0.39 is 5.82 Å². The highest BCUT2D eigenvalue weighted by atomic mass is 19.1. The average molecular weight is 280 g/mol. The molecular weight excluding hydrogens is 259 g/mol. The minimum Gasteiger partial charge on any atom is -0.396 e. The molecule has 0 spiro atoms. The van der Waals surface area contributed by atoms with Crippen molar-refractivity contribution in [3.05, 3.63) is 29.6 Å². The number of amides is 1. The van der Waals surface area contributed by atoms with Gasteiger partial charge in [-0.3, -0.25) is 4.79 Å². The molecule has 1 aromatic rings. The number of anilines is 1. The van der Waals surface area contributed by atoms with Crippen molar-refractivity contribution in [1.29, 1.82) is 0 Å². The zero-order valence-corrected chi connectivity index (χ0v) is 11.7.